The summed E-state index contributed by atoms with van der Waals surface area (Å²) in [5.41, 5.74) is 0.419. The number of nitro groups is 2. The zero-order valence-electron chi connectivity index (χ0n) is 25.2. The van der Waals surface area contributed by atoms with E-state index in [1.807, 2.05) is 0 Å². The van der Waals surface area contributed by atoms with Crippen molar-refractivity contribution in [3.8, 4) is 11.5 Å². The zero-order chi connectivity index (χ0) is 34.0. The van der Waals surface area contributed by atoms with Crippen LogP contribution < -0.4 is 24.0 Å². The quantitative estimate of drug-likeness (QED) is 0.241. The van der Waals surface area contributed by atoms with Crippen LogP contribution in [0.4, 0.5) is 22.7 Å². The lowest BCUT2D eigenvalue weighted by Gasteiger charge is -2.38. The number of benzene rings is 2. The second-order valence-electron chi connectivity index (χ2n) is 11.0. The number of hydrogen-bond acceptors (Lipinski definition) is 12. The van der Waals surface area contributed by atoms with Gasteiger partial charge in [0.05, 0.1) is 39.3 Å². The van der Waals surface area contributed by atoms with E-state index >= 15 is 0 Å². The molecule has 254 valence electrons. The Bertz CT molecular complexity index is 1700. The van der Waals surface area contributed by atoms with Crippen LogP contribution in [0.2, 0.25) is 0 Å². The van der Waals surface area contributed by atoms with E-state index in [9.17, 15) is 37.1 Å². The number of rotatable bonds is 12. The molecule has 2 aromatic rings. The summed E-state index contributed by atoms with van der Waals surface area (Å²) in [5, 5.41) is 23.4. The molecule has 0 amide bonds. The summed E-state index contributed by atoms with van der Waals surface area (Å²) in [6, 6.07) is 4.67. The molecule has 1 N–H and O–H groups in total. The summed E-state index contributed by atoms with van der Waals surface area (Å²) < 4.78 is 67.2. The van der Waals surface area contributed by atoms with E-state index in [2.05, 4.69) is 36.6 Å². The van der Waals surface area contributed by atoms with Crippen LogP contribution in [0, 0.1) is 20.2 Å². The molecule has 0 spiro atoms. The zero-order valence-corrected chi connectivity index (χ0v) is 30.0. The number of hydrogen-bond donors (Lipinski definition) is 1. The fourth-order valence-corrected chi connectivity index (χ4v) is 10.0. The van der Waals surface area contributed by atoms with Crippen molar-refractivity contribution in [2.75, 3.05) is 62.3 Å². The highest BCUT2D eigenvalue weighted by atomic mass is 79.9. The largest absolute Gasteiger partial charge is 0.495 e. The topological polar surface area (TPSA) is 195 Å². The lowest BCUT2D eigenvalue weighted by molar-refractivity contribution is -0.384. The van der Waals surface area contributed by atoms with Crippen molar-refractivity contribution < 1.29 is 36.2 Å². The molecule has 2 aliphatic rings. The molecule has 0 aromatic heterocycles. The summed E-state index contributed by atoms with van der Waals surface area (Å²) >= 11 is 6.52. The molecule has 2 aromatic carbocycles. The molecule has 2 saturated heterocycles. The standard InChI is InChI=1S/C26H34Br2N6O10S2/c1-43-25-14-21(23(33(35)36)12-19(25)27)30-8-4-17(5-9-30)29-46(41,42)16-32(45(3,39)40)18-6-10-31(11-7-18)22-15-26(44-2)20(28)13-24(22)34(37)38/h12-15,17-18,29H,4-11,16H2,1-3H3. The summed E-state index contributed by atoms with van der Waals surface area (Å²) in [4.78, 5) is 26.0. The molecule has 0 saturated carbocycles. The third-order valence-electron chi connectivity index (χ3n) is 8.01. The van der Waals surface area contributed by atoms with Crippen LogP contribution >= 0.6 is 31.9 Å². The molecule has 2 aliphatic heterocycles. The average Bonchev–Trinajstić information content (AvgIpc) is 2.99. The fourth-order valence-electron chi connectivity index (χ4n) is 5.74. The van der Waals surface area contributed by atoms with E-state index in [4.69, 9.17) is 9.47 Å². The van der Waals surface area contributed by atoms with Gasteiger partial charge in [0, 0.05) is 62.5 Å². The van der Waals surface area contributed by atoms with Crippen LogP contribution in [-0.2, 0) is 20.0 Å². The minimum absolute atomic E-state index is 0.115. The van der Waals surface area contributed by atoms with Crippen molar-refractivity contribution >= 4 is 74.7 Å². The lowest BCUT2D eigenvalue weighted by atomic mass is 10.0. The van der Waals surface area contributed by atoms with Crippen LogP contribution in [0.15, 0.2) is 33.2 Å². The summed E-state index contributed by atoms with van der Waals surface area (Å²) in [6.45, 7) is 1.14. The van der Waals surface area contributed by atoms with E-state index < -0.39 is 47.9 Å². The predicted molar refractivity (Wildman–Crippen MR) is 179 cm³/mol. The summed E-state index contributed by atoms with van der Waals surface area (Å²) in [7, 11) is -5.17. The van der Waals surface area contributed by atoms with Crippen LogP contribution in [0.5, 0.6) is 11.5 Å². The maximum atomic E-state index is 13.3. The second kappa shape index (κ2) is 14.5. The van der Waals surface area contributed by atoms with Crippen molar-refractivity contribution in [2.45, 2.75) is 37.8 Å². The highest BCUT2D eigenvalue weighted by Gasteiger charge is 2.36. The molecular formula is C26H34Br2N6O10S2. The first kappa shape index (κ1) is 36.1. The molecular weight excluding hydrogens is 780 g/mol. The third-order valence-corrected chi connectivity index (χ3v) is 12.0. The Morgan fingerprint density at radius 3 is 1.61 bits per heavy atom. The molecule has 0 bridgehead atoms. The van der Waals surface area contributed by atoms with Gasteiger partial charge in [0.1, 0.15) is 28.8 Å². The van der Waals surface area contributed by atoms with Crippen molar-refractivity contribution in [2.24, 2.45) is 0 Å². The van der Waals surface area contributed by atoms with E-state index in [-0.39, 0.29) is 37.3 Å². The molecule has 2 fully saturated rings. The van der Waals surface area contributed by atoms with Gasteiger partial charge in [-0.2, -0.15) is 4.31 Å². The molecule has 2 heterocycles. The fraction of sp³-hybridized carbons (Fsp3) is 0.538. The Labute approximate surface area is 283 Å². The minimum atomic E-state index is -4.11. The average molecular weight is 815 g/mol. The number of halogens is 2. The number of anilines is 2. The molecule has 0 atom stereocenters. The van der Waals surface area contributed by atoms with Gasteiger partial charge in [0.2, 0.25) is 20.0 Å². The highest BCUT2D eigenvalue weighted by Crippen LogP contribution is 2.40. The number of nitro benzene ring substituents is 2. The molecule has 46 heavy (non-hydrogen) atoms. The minimum Gasteiger partial charge on any atom is -0.495 e. The Morgan fingerprint density at radius 2 is 1.24 bits per heavy atom. The van der Waals surface area contributed by atoms with Gasteiger partial charge >= 0.3 is 0 Å². The van der Waals surface area contributed by atoms with Gasteiger partial charge in [-0.25, -0.2) is 21.6 Å². The maximum Gasteiger partial charge on any atom is 0.293 e. The van der Waals surface area contributed by atoms with Crippen molar-refractivity contribution in [3.05, 3.63) is 53.4 Å². The Kier molecular flexibility index (Phi) is 11.4. The molecule has 16 nitrogen and oxygen atoms in total. The Morgan fingerprint density at radius 1 is 0.826 bits per heavy atom. The Hall–Kier alpha value is -2.78. The predicted octanol–water partition coefficient (Wildman–Crippen LogP) is 3.82. The first-order chi connectivity index (χ1) is 21.5. The van der Waals surface area contributed by atoms with E-state index in [1.165, 1.54) is 26.4 Å². The van der Waals surface area contributed by atoms with E-state index in [1.54, 1.807) is 21.9 Å². The highest BCUT2D eigenvalue weighted by molar-refractivity contribution is 9.11. The SMILES string of the molecule is COc1cc(N2CCC(NS(=O)(=O)CN(C3CCN(c4cc(OC)c(Br)cc4[N+](=O)[O-])CC3)S(C)(=O)=O)CC2)c([N+](=O)[O-])cc1Br. The van der Waals surface area contributed by atoms with Gasteiger partial charge in [0.15, 0.2) is 0 Å². The first-order valence-electron chi connectivity index (χ1n) is 14.0. The van der Waals surface area contributed by atoms with Crippen LogP contribution in [-0.4, -0.2) is 95.6 Å². The number of sulfonamides is 2. The van der Waals surface area contributed by atoms with Gasteiger partial charge in [-0.3, -0.25) is 20.2 Å². The van der Waals surface area contributed by atoms with Crippen molar-refractivity contribution in [3.63, 3.8) is 0 Å². The van der Waals surface area contributed by atoms with Gasteiger partial charge in [-0.05, 0) is 57.5 Å². The number of nitrogens with zero attached hydrogens (tertiary/aromatic N) is 5. The number of piperidine rings is 2. The van der Waals surface area contributed by atoms with Gasteiger partial charge < -0.3 is 19.3 Å². The monoisotopic (exact) mass is 812 g/mol. The maximum absolute atomic E-state index is 13.3. The van der Waals surface area contributed by atoms with Crippen LogP contribution in [0.3, 0.4) is 0 Å². The van der Waals surface area contributed by atoms with E-state index in [0.717, 1.165) is 10.6 Å². The molecule has 20 heteroatoms. The number of nitrogens with one attached hydrogen (secondary N) is 1. The summed E-state index contributed by atoms with van der Waals surface area (Å²) in [5.74, 6) is 0.0430. The number of methoxy groups -OCH3 is 2. The second-order valence-corrected chi connectivity index (χ2v) is 16.3. The van der Waals surface area contributed by atoms with E-state index in [0.29, 0.717) is 57.8 Å². The van der Waals surface area contributed by atoms with Gasteiger partial charge in [-0.1, -0.05) is 0 Å². The van der Waals surface area contributed by atoms with Gasteiger partial charge in [-0.15, -0.1) is 0 Å². The summed E-state index contributed by atoms with van der Waals surface area (Å²) in [6.07, 6.45) is 2.11. The molecule has 4 rings (SSSR count). The van der Waals surface area contributed by atoms with Crippen molar-refractivity contribution in [1.29, 1.82) is 0 Å². The first-order valence-corrected chi connectivity index (χ1v) is 19.1. The van der Waals surface area contributed by atoms with Crippen LogP contribution in [0.1, 0.15) is 25.7 Å². The molecule has 0 unspecified atom stereocenters. The van der Waals surface area contributed by atoms with Crippen LogP contribution in [0.25, 0.3) is 0 Å². The van der Waals surface area contributed by atoms with Crippen molar-refractivity contribution in [1.82, 2.24) is 9.03 Å². The lowest BCUT2D eigenvalue weighted by Crippen LogP contribution is -2.52. The third kappa shape index (κ3) is 8.38. The number of ether oxygens (including phenoxy) is 2. The Balaban J connectivity index is 1.42. The molecule has 0 aliphatic carbocycles. The van der Waals surface area contributed by atoms with Gasteiger partial charge in [0.25, 0.3) is 11.4 Å². The normalized spacial score (nSPS) is 16.9. The molecule has 0 radical (unpaired) electrons. The smallest absolute Gasteiger partial charge is 0.293 e.